The second-order valence-electron chi connectivity index (χ2n) is 14.6. The number of fused-ring (bicyclic) bond motifs is 1. The van der Waals surface area contributed by atoms with Gasteiger partial charge in [-0.3, -0.25) is 15.4 Å². The number of nitrogens with zero attached hydrogens (tertiary/aromatic N) is 5. The van der Waals surface area contributed by atoms with Crippen LogP contribution < -0.4 is 5.32 Å². The Morgan fingerprint density at radius 2 is 2.04 bits per heavy atom. The summed E-state index contributed by atoms with van der Waals surface area (Å²) in [5, 5.41) is 23.4. The highest BCUT2D eigenvalue weighted by atomic mass is 35.5. The number of aliphatic imine (C=N–C) groups is 2. The number of aromatic nitrogens is 1. The zero-order valence-electron chi connectivity index (χ0n) is 30.1. The Morgan fingerprint density at radius 1 is 1.25 bits per heavy atom. The molecule has 1 aromatic carbocycles. The average Bonchev–Trinajstić information content (AvgIpc) is 3.76. The van der Waals surface area contributed by atoms with E-state index in [1.165, 1.54) is 12.1 Å². The number of thiol groups is 1. The van der Waals surface area contributed by atoms with Crippen LogP contribution in [0.2, 0.25) is 5.02 Å². The molecular weight excluding hydrogens is 712 g/mol. The number of aliphatic hydroxyl groups is 1. The van der Waals surface area contributed by atoms with Gasteiger partial charge in [0.1, 0.15) is 34.8 Å². The van der Waals surface area contributed by atoms with E-state index in [0.29, 0.717) is 60.8 Å². The van der Waals surface area contributed by atoms with E-state index in [-0.39, 0.29) is 22.2 Å². The van der Waals surface area contributed by atoms with Crippen molar-refractivity contribution in [3.63, 3.8) is 0 Å². The molecule has 1 saturated heterocycles. The predicted molar refractivity (Wildman–Crippen MR) is 213 cm³/mol. The van der Waals surface area contributed by atoms with Gasteiger partial charge in [0.2, 0.25) is 0 Å². The molecular formula is C41H46ClF2N7OS. The molecule has 2 aromatic rings. The molecule has 1 aromatic heterocycles. The number of amidine groups is 1. The van der Waals surface area contributed by atoms with Gasteiger partial charge in [-0.2, -0.15) is 12.6 Å². The molecule has 8 nitrogen and oxygen atoms in total. The molecule has 4 heterocycles. The van der Waals surface area contributed by atoms with E-state index in [9.17, 15) is 13.9 Å². The molecule has 4 atom stereocenters. The van der Waals surface area contributed by atoms with Crippen LogP contribution in [0.1, 0.15) is 69.2 Å². The van der Waals surface area contributed by atoms with Crippen LogP contribution in [0.5, 0.6) is 0 Å². The molecule has 0 amide bonds. The fourth-order valence-corrected chi connectivity index (χ4v) is 8.81. The van der Waals surface area contributed by atoms with Gasteiger partial charge >= 0.3 is 0 Å². The summed E-state index contributed by atoms with van der Waals surface area (Å²) in [5.74, 6) is 0.735. The van der Waals surface area contributed by atoms with Crippen molar-refractivity contribution in [2.24, 2.45) is 15.9 Å². The van der Waals surface area contributed by atoms with Gasteiger partial charge in [-0.25, -0.2) is 13.8 Å². The third-order valence-corrected chi connectivity index (χ3v) is 12.0. The molecule has 3 aliphatic heterocycles. The van der Waals surface area contributed by atoms with Gasteiger partial charge in [0.15, 0.2) is 0 Å². The van der Waals surface area contributed by atoms with Gasteiger partial charge < -0.3 is 20.2 Å². The molecule has 12 heteroatoms. The van der Waals surface area contributed by atoms with Gasteiger partial charge in [0.05, 0.1) is 28.9 Å². The van der Waals surface area contributed by atoms with Crippen LogP contribution in [0, 0.1) is 17.1 Å². The lowest BCUT2D eigenvalue weighted by Gasteiger charge is -2.37. The summed E-state index contributed by atoms with van der Waals surface area (Å²) in [4.78, 5) is 18.8. The zero-order valence-corrected chi connectivity index (χ0v) is 31.7. The van der Waals surface area contributed by atoms with Crippen LogP contribution in [0.4, 0.5) is 8.78 Å². The second-order valence-corrected chi connectivity index (χ2v) is 15.6. The van der Waals surface area contributed by atoms with Crippen molar-refractivity contribution < 1.29 is 13.9 Å². The highest BCUT2D eigenvalue weighted by Gasteiger charge is 2.44. The molecule has 2 fully saturated rings. The normalized spacial score (nSPS) is 26.5. The van der Waals surface area contributed by atoms with Crippen molar-refractivity contribution in [2.75, 3.05) is 20.1 Å². The summed E-state index contributed by atoms with van der Waals surface area (Å²) in [6.45, 7) is 7.23. The molecule has 278 valence electrons. The first kappa shape index (κ1) is 37.4. The molecule has 3 N–H and O–H groups in total. The lowest BCUT2D eigenvalue weighted by atomic mass is 9.74. The van der Waals surface area contributed by atoms with Gasteiger partial charge in [0.25, 0.3) is 0 Å². The zero-order chi connectivity index (χ0) is 37.4. The van der Waals surface area contributed by atoms with Crippen LogP contribution in [0.3, 0.4) is 0 Å². The molecule has 5 aliphatic rings. The number of hydrogen-bond donors (Lipinski definition) is 4. The number of benzene rings is 1. The van der Waals surface area contributed by atoms with Gasteiger partial charge in [-0.1, -0.05) is 42.5 Å². The molecule has 0 radical (unpaired) electrons. The van der Waals surface area contributed by atoms with E-state index in [2.05, 4.69) is 31.7 Å². The van der Waals surface area contributed by atoms with Gasteiger partial charge in [-0.15, -0.1) is 0 Å². The number of rotatable bonds is 13. The van der Waals surface area contributed by atoms with Gasteiger partial charge in [0, 0.05) is 48.4 Å². The van der Waals surface area contributed by atoms with Crippen LogP contribution in [-0.4, -0.2) is 80.5 Å². The molecule has 7 rings (SSSR count). The Balaban J connectivity index is 1.09. The topological polar surface area (TPSA) is 100 Å². The number of allylic oxidation sites excluding steroid dienone is 4. The van der Waals surface area contributed by atoms with E-state index in [1.807, 2.05) is 43.6 Å². The average molecular weight is 758 g/mol. The molecule has 0 bridgehead atoms. The smallest absolute Gasteiger partial charge is 0.132 e. The highest BCUT2D eigenvalue weighted by Crippen LogP contribution is 2.48. The minimum atomic E-state index is -1.13. The Morgan fingerprint density at radius 3 is 2.68 bits per heavy atom. The van der Waals surface area contributed by atoms with E-state index in [1.54, 1.807) is 25.3 Å². The van der Waals surface area contributed by atoms with Crippen LogP contribution in [0.25, 0.3) is 5.70 Å². The SMILES string of the molecule is C=CN(CCC1CCC(O)(C2=NC(c3ccccn3)=CC2=N)CC1)C1CC2=C(C3=C(CC(C)F)C=C3)[C@H](c3ccc(F)cc3Cl)N=C(C(S)NC)N2C1. The number of alkyl halides is 1. The number of nitrogens with one attached hydrogen (secondary N) is 2. The van der Waals surface area contributed by atoms with E-state index < -0.39 is 23.6 Å². The number of likely N-dealkylation sites (N-methyl/N-ethyl adjacent to an activating group) is 1. The van der Waals surface area contributed by atoms with Crippen molar-refractivity contribution in [3.8, 4) is 0 Å². The predicted octanol–water partition coefficient (Wildman–Crippen LogP) is 8.02. The molecule has 53 heavy (non-hydrogen) atoms. The Hall–Kier alpha value is -3.90. The lowest BCUT2D eigenvalue weighted by molar-refractivity contribution is 0.0521. The Labute approximate surface area is 320 Å². The second kappa shape index (κ2) is 15.5. The van der Waals surface area contributed by atoms with Crippen molar-refractivity contribution in [1.29, 1.82) is 5.41 Å². The van der Waals surface area contributed by atoms with Gasteiger partial charge in [-0.05, 0) is 105 Å². The number of pyridine rings is 1. The maximum absolute atomic E-state index is 14.3. The Kier molecular flexibility index (Phi) is 10.9. The maximum Gasteiger partial charge on any atom is 0.132 e. The summed E-state index contributed by atoms with van der Waals surface area (Å²) in [6.07, 6.45) is 13.0. The first-order valence-corrected chi connectivity index (χ1v) is 19.2. The molecule has 1 saturated carbocycles. The minimum absolute atomic E-state index is 0.0839. The first-order chi connectivity index (χ1) is 25.5. The van der Waals surface area contributed by atoms with Crippen molar-refractivity contribution in [1.82, 2.24) is 20.1 Å². The molecule has 3 unspecified atom stereocenters. The van der Waals surface area contributed by atoms with Crippen molar-refractivity contribution in [3.05, 3.63) is 118 Å². The minimum Gasteiger partial charge on any atom is -0.383 e. The summed E-state index contributed by atoms with van der Waals surface area (Å²) in [6, 6.07) is 9.57. The number of halogens is 3. The molecule has 2 aliphatic carbocycles. The van der Waals surface area contributed by atoms with E-state index in [4.69, 9.17) is 34.6 Å². The number of hydrogen-bond acceptors (Lipinski definition) is 9. The standard InChI is InChI=1S/C41H46ClF2N7OS/c1-4-50(18-14-25-12-15-41(52,16-13-25)38-32(45)22-34(48-38)33-7-5-6-17-47-33)28-21-35-36(29-10-8-26(29)19-24(2)43)37(30-11-9-27(44)20-31(30)42)49-39(40(53)46-3)51(35)23-28/h4-11,17,20,22,24-25,28,37,40,45-46,52-53H,1,12-16,18-19,21,23H2,2-3H3/t24?,25?,28?,37-,40?,41?/m0/s1. The monoisotopic (exact) mass is 757 g/mol. The first-order valence-electron chi connectivity index (χ1n) is 18.4. The van der Waals surface area contributed by atoms with Crippen molar-refractivity contribution >= 4 is 47.2 Å². The largest absolute Gasteiger partial charge is 0.383 e. The summed E-state index contributed by atoms with van der Waals surface area (Å²) < 4.78 is 28.6. The summed E-state index contributed by atoms with van der Waals surface area (Å²) in [5.41, 5.74) is 5.51. The van der Waals surface area contributed by atoms with Crippen LogP contribution >= 0.6 is 24.2 Å². The summed E-state index contributed by atoms with van der Waals surface area (Å²) in [7, 11) is 1.84. The van der Waals surface area contributed by atoms with Crippen molar-refractivity contribution in [2.45, 2.75) is 81.1 Å². The fourth-order valence-electron chi connectivity index (χ4n) is 8.33. The third kappa shape index (κ3) is 7.45. The van der Waals surface area contributed by atoms with E-state index in [0.717, 1.165) is 54.1 Å². The van der Waals surface area contributed by atoms with Crippen LogP contribution in [-0.2, 0) is 0 Å². The maximum atomic E-state index is 14.3. The summed E-state index contributed by atoms with van der Waals surface area (Å²) >= 11 is 11.6. The molecule has 0 spiro atoms. The lowest BCUT2D eigenvalue weighted by Crippen LogP contribution is -2.45. The third-order valence-electron chi connectivity index (χ3n) is 11.2. The Bertz CT molecular complexity index is 1960. The van der Waals surface area contributed by atoms with Crippen LogP contribution in [0.15, 0.2) is 106 Å². The van der Waals surface area contributed by atoms with E-state index >= 15 is 0 Å². The quantitative estimate of drug-likeness (QED) is 0.123. The fraction of sp³-hybridized carbons (Fsp3) is 0.415. The highest BCUT2D eigenvalue weighted by molar-refractivity contribution is 7.81.